The molecule has 0 bridgehead atoms. The predicted octanol–water partition coefficient (Wildman–Crippen LogP) is 5.02. The third-order valence-corrected chi connectivity index (χ3v) is 7.14. The zero-order valence-corrected chi connectivity index (χ0v) is 21.1. The smallest absolute Gasteiger partial charge is 0.256 e. The Morgan fingerprint density at radius 2 is 1.84 bits per heavy atom. The average Bonchev–Trinajstić information content (AvgIpc) is 3.34. The minimum atomic E-state index is -0.746. The van der Waals surface area contributed by atoms with E-state index in [1.54, 1.807) is 24.4 Å². The lowest BCUT2D eigenvalue weighted by molar-refractivity contribution is -0.138. The second-order valence-corrected chi connectivity index (χ2v) is 9.69. The Balaban J connectivity index is 1.47. The van der Waals surface area contributed by atoms with Gasteiger partial charge in [0.15, 0.2) is 5.65 Å². The standard InChI is InChI=1S/C29H29N5O3/c1-4-29(15-14-25(35)33-28(29)37)20-10-12-21(13-11-20)31-27(36)22-16-24(19-8-6-5-7-9-19)32-26-23(22)17-30-34(26)18(2)3/h5-13,16-18H,4,14-15H2,1-3H3,(H,31,36)(H,33,35,37). The number of pyridine rings is 1. The molecule has 2 aromatic carbocycles. The van der Waals surface area contributed by atoms with Crippen LogP contribution in [-0.2, 0) is 15.0 Å². The van der Waals surface area contributed by atoms with Crippen LogP contribution in [0, 0.1) is 0 Å². The maximum atomic E-state index is 13.5. The van der Waals surface area contributed by atoms with Crippen LogP contribution >= 0.6 is 0 Å². The van der Waals surface area contributed by atoms with E-state index in [-0.39, 0.29) is 23.8 Å². The number of nitrogens with zero attached hydrogens (tertiary/aromatic N) is 3. The van der Waals surface area contributed by atoms with Gasteiger partial charge >= 0.3 is 0 Å². The average molecular weight is 496 g/mol. The zero-order valence-electron chi connectivity index (χ0n) is 21.1. The van der Waals surface area contributed by atoms with Crippen molar-refractivity contribution in [2.24, 2.45) is 0 Å². The fourth-order valence-electron chi connectivity index (χ4n) is 4.98. The van der Waals surface area contributed by atoms with Crippen LogP contribution in [-0.4, -0.2) is 32.5 Å². The van der Waals surface area contributed by atoms with Gasteiger partial charge in [-0.1, -0.05) is 49.4 Å². The summed E-state index contributed by atoms with van der Waals surface area (Å²) in [7, 11) is 0. The van der Waals surface area contributed by atoms with E-state index in [0.717, 1.165) is 11.1 Å². The third-order valence-electron chi connectivity index (χ3n) is 7.14. The van der Waals surface area contributed by atoms with Crippen LogP contribution in [0.15, 0.2) is 66.9 Å². The molecule has 2 N–H and O–H groups in total. The number of piperidine rings is 1. The number of hydrogen-bond donors (Lipinski definition) is 2. The summed E-state index contributed by atoms with van der Waals surface area (Å²) in [5.74, 6) is -0.776. The quantitative estimate of drug-likeness (QED) is 0.366. The molecule has 5 rings (SSSR count). The van der Waals surface area contributed by atoms with Crippen LogP contribution < -0.4 is 10.6 Å². The number of hydrogen-bond acceptors (Lipinski definition) is 5. The van der Waals surface area contributed by atoms with Crippen molar-refractivity contribution in [1.82, 2.24) is 20.1 Å². The lowest BCUT2D eigenvalue weighted by atomic mass is 9.72. The number of benzene rings is 2. The summed E-state index contributed by atoms with van der Waals surface area (Å²) in [6.07, 6.45) is 3.04. The first-order valence-corrected chi connectivity index (χ1v) is 12.5. The second kappa shape index (κ2) is 9.61. The molecule has 1 saturated heterocycles. The Bertz CT molecular complexity index is 1490. The van der Waals surface area contributed by atoms with Gasteiger partial charge in [-0.05, 0) is 50.5 Å². The number of carbonyl (C=O) groups is 3. The number of fused-ring (bicyclic) bond motifs is 1. The van der Waals surface area contributed by atoms with Gasteiger partial charge in [-0.3, -0.25) is 19.7 Å². The van der Waals surface area contributed by atoms with E-state index in [0.29, 0.717) is 47.2 Å². The number of amides is 3. The fraction of sp³-hybridized carbons (Fsp3) is 0.276. The summed E-state index contributed by atoms with van der Waals surface area (Å²) in [4.78, 5) is 42.7. The van der Waals surface area contributed by atoms with Gasteiger partial charge in [0.25, 0.3) is 5.91 Å². The van der Waals surface area contributed by atoms with E-state index in [1.165, 1.54) is 0 Å². The van der Waals surface area contributed by atoms with Crippen molar-refractivity contribution in [3.63, 3.8) is 0 Å². The second-order valence-electron chi connectivity index (χ2n) is 9.69. The Kier molecular flexibility index (Phi) is 6.33. The molecule has 0 spiro atoms. The maximum Gasteiger partial charge on any atom is 0.256 e. The Morgan fingerprint density at radius 3 is 2.49 bits per heavy atom. The van der Waals surface area contributed by atoms with E-state index in [9.17, 15) is 14.4 Å². The molecule has 1 aliphatic rings. The number of imide groups is 1. The molecule has 1 aliphatic heterocycles. The topological polar surface area (TPSA) is 106 Å². The molecule has 37 heavy (non-hydrogen) atoms. The van der Waals surface area contributed by atoms with Crippen molar-refractivity contribution in [3.05, 3.63) is 78.0 Å². The van der Waals surface area contributed by atoms with Crippen molar-refractivity contribution in [3.8, 4) is 11.3 Å². The molecule has 8 heteroatoms. The molecule has 1 unspecified atom stereocenters. The third kappa shape index (κ3) is 4.39. The van der Waals surface area contributed by atoms with E-state index in [2.05, 4.69) is 15.7 Å². The molecular formula is C29H29N5O3. The van der Waals surface area contributed by atoms with Crippen LogP contribution in [0.2, 0.25) is 0 Å². The molecule has 3 heterocycles. The Labute approximate surface area is 215 Å². The van der Waals surface area contributed by atoms with E-state index < -0.39 is 5.41 Å². The van der Waals surface area contributed by atoms with Crippen molar-refractivity contribution < 1.29 is 14.4 Å². The number of aromatic nitrogens is 3. The predicted molar refractivity (Wildman–Crippen MR) is 142 cm³/mol. The molecule has 0 saturated carbocycles. The first kappa shape index (κ1) is 24.4. The first-order chi connectivity index (χ1) is 17.8. The van der Waals surface area contributed by atoms with Crippen LogP contribution in [0.5, 0.6) is 0 Å². The van der Waals surface area contributed by atoms with Crippen LogP contribution in [0.1, 0.15) is 62.0 Å². The highest BCUT2D eigenvalue weighted by Gasteiger charge is 2.42. The highest BCUT2D eigenvalue weighted by atomic mass is 16.2. The minimum Gasteiger partial charge on any atom is -0.322 e. The van der Waals surface area contributed by atoms with Crippen LogP contribution in [0.3, 0.4) is 0 Å². The summed E-state index contributed by atoms with van der Waals surface area (Å²) in [5, 5.41) is 10.6. The van der Waals surface area contributed by atoms with Gasteiger partial charge in [-0.2, -0.15) is 5.10 Å². The van der Waals surface area contributed by atoms with Gasteiger partial charge in [-0.15, -0.1) is 0 Å². The molecule has 4 aromatic rings. The number of carbonyl (C=O) groups excluding carboxylic acids is 3. The van der Waals surface area contributed by atoms with Crippen molar-refractivity contribution in [1.29, 1.82) is 0 Å². The van der Waals surface area contributed by atoms with Crippen LogP contribution in [0.25, 0.3) is 22.3 Å². The molecule has 188 valence electrons. The lowest BCUT2D eigenvalue weighted by Crippen LogP contribution is -2.51. The van der Waals surface area contributed by atoms with Crippen molar-refractivity contribution in [2.45, 2.75) is 51.5 Å². The van der Waals surface area contributed by atoms with Crippen molar-refractivity contribution >= 4 is 34.4 Å². The summed E-state index contributed by atoms with van der Waals surface area (Å²) in [5.41, 5.74) is 3.43. The SMILES string of the molecule is CCC1(c2ccc(NC(=O)c3cc(-c4ccccc4)nc4c3cnn4C(C)C)cc2)CCC(=O)NC1=O. The summed E-state index contributed by atoms with van der Waals surface area (Å²) in [6, 6.07) is 18.9. The summed E-state index contributed by atoms with van der Waals surface area (Å²) >= 11 is 0. The molecule has 3 amide bonds. The molecule has 8 nitrogen and oxygen atoms in total. The van der Waals surface area contributed by atoms with E-state index in [1.807, 2.05) is 67.9 Å². The Hall–Kier alpha value is -4.33. The molecule has 0 radical (unpaired) electrons. The van der Waals surface area contributed by atoms with Gasteiger partial charge in [-0.25, -0.2) is 9.67 Å². The highest BCUT2D eigenvalue weighted by molar-refractivity contribution is 6.12. The summed E-state index contributed by atoms with van der Waals surface area (Å²) in [6.45, 7) is 5.99. The monoisotopic (exact) mass is 495 g/mol. The van der Waals surface area contributed by atoms with Crippen LogP contribution in [0.4, 0.5) is 5.69 Å². The summed E-state index contributed by atoms with van der Waals surface area (Å²) < 4.78 is 1.82. The van der Waals surface area contributed by atoms with Crippen molar-refractivity contribution in [2.75, 3.05) is 5.32 Å². The van der Waals surface area contributed by atoms with Gasteiger partial charge in [0.05, 0.1) is 28.3 Å². The normalized spacial score (nSPS) is 17.7. The van der Waals surface area contributed by atoms with E-state index >= 15 is 0 Å². The number of anilines is 1. The maximum absolute atomic E-state index is 13.5. The van der Waals surface area contributed by atoms with E-state index in [4.69, 9.17) is 4.98 Å². The van der Waals surface area contributed by atoms with Gasteiger partial charge in [0.1, 0.15) is 0 Å². The molecule has 0 aliphatic carbocycles. The minimum absolute atomic E-state index is 0.0812. The molecule has 1 atom stereocenters. The number of nitrogens with one attached hydrogen (secondary N) is 2. The fourth-order valence-corrected chi connectivity index (χ4v) is 4.98. The van der Waals surface area contributed by atoms with Gasteiger partial charge in [0, 0.05) is 23.7 Å². The number of rotatable bonds is 6. The lowest BCUT2D eigenvalue weighted by Gasteiger charge is -2.35. The first-order valence-electron chi connectivity index (χ1n) is 12.5. The van der Waals surface area contributed by atoms with Gasteiger partial charge < -0.3 is 5.32 Å². The van der Waals surface area contributed by atoms with Gasteiger partial charge in [0.2, 0.25) is 11.8 Å². The molecule has 1 fully saturated rings. The highest BCUT2D eigenvalue weighted by Crippen LogP contribution is 2.36. The zero-order chi connectivity index (χ0) is 26.2. The Morgan fingerprint density at radius 1 is 1.11 bits per heavy atom. The molecule has 2 aromatic heterocycles. The largest absolute Gasteiger partial charge is 0.322 e. The molecular weight excluding hydrogens is 466 g/mol.